The van der Waals surface area contributed by atoms with E-state index in [-0.39, 0.29) is 6.54 Å². The lowest BCUT2D eigenvalue weighted by molar-refractivity contribution is -0.436. The normalized spacial score (nSPS) is 11.5. The minimum Gasteiger partial charge on any atom is -0.369 e. The summed E-state index contributed by atoms with van der Waals surface area (Å²) < 4.78 is 38.9. The number of halogens is 3. The molecule has 0 fully saturated rings. The number of nitrogens with two attached hydrogens (primary N) is 1. The molecule has 1 aromatic carbocycles. The Balaban J connectivity index is 2.89. The van der Waals surface area contributed by atoms with Crippen molar-refractivity contribution >= 4 is 18.5 Å². The van der Waals surface area contributed by atoms with Crippen LogP contribution in [0.4, 0.5) is 13.2 Å². The zero-order valence-electron chi connectivity index (χ0n) is 8.58. The number of hydrogen-bond acceptors (Lipinski definition) is 1. The molecule has 7 heteroatoms. The first-order chi connectivity index (χ1) is 8.06. The third kappa shape index (κ3) is 3.40. The van der Waals surface area contributed by atoms with Crippen LogP contribution in [0.25, 0.3) is 0 Å². The first kappa shape index (κ1) is 12.9. The fourth-order valence-electron chi connectivity index (χ4n) is 1.13. The molecule has 0 saturated heterocycles. The van der Waals surface area contributed by atoms with E-state index in [4.69, 9.17) is 5.73 Å². The van der Waals surface area contributed by atoms with E-state index in [1.165, 1.54) is 0 Å². The van der Waals surface area contributed by atoms with Crippen LogP contribution in [-0.4, -0.2) is 25.0 Å². The summed E-state index contributed by atoms with van der Waals surface area (Å²) in [6.45, 7) is -0.378. The molecule has 0 atom stereocenters. The van der Waals surface area contributed by atoms with Crippen molar-refractivity contribution in [1.29, 1.82) is 0 Å². The third-order valence-corrected chi connectivity index (χ3v) is 1.80. The van der Waals surface area contributed by atoms with Crippen LogP contribution in [0.3, 0.4) is 0 Å². The predicted octanol–water partition coefficient (Wildman–Crippen LogP) is -0.617. The number of hydrogen-bond donors (Lipinski definition) is 2. The molecule has 4 nitrogen and oxygen atoms in total. The molecular formula is C10H9F3N3O+. The molecule has 0 aromatic heterocycles. The van der Waals surface area contributed by atoms with Crippen LogP contribution >= 0.6 is 0 Å². The lowest BCUT2D eigenvalue weighted by Gasteiger charge is -2.01. The van der Waals surface area contributed by atoms with E-state index >= 15 is 0 Å². The van der Waals surface area contributed by atoms with Crippen LogP contribution in [0.5, 0.6) is 0 Å². The standard InChI is InChI=1S/C10H8F3N3O/c11-6-1-7(12)10(8(13)2-6)9(17)3-15-5-16-4-14/h1-2,4-5H,3H2,(H2,14,15,16)/p+1. The molecule has 3 N–H and O–H groups in total. The third-order valence-electron chi connectivity index (χ3n) is 1.80. The highest BCUT2D eigenvalue weighted by atomic mass is 19.1. The molecule has 0 aliphatic heterocycles. The number of carbonyl (C=O) groups excluding carboxylic acids is 1. The second-order valence-corrected chi connectivity index (χ2v) is 2.98. The summed E-state index contributed by atoms with van der Waals surface area (Å²) >= 11 is 0. The van der Waals surface area contributed by atoms with Gasteiger partial charge in [0.2, 0.25) is 12.1 Å². The van der Waals surface area contributed by atoms with Gasteiger partial charge in [0.05, 0.1) is 5.56 Å². The summed E-state index contributed by atoms with van der Waals surface area (Å²) in [5.41, 5.74) is 4.12. The molecule has 1 rings (SSSR count). The lowest BCUT2D eigenvalue weighted by Crippen LogP contribution is -2.71. The Morgan fingerprint density at radius 3 is 2.47 bits per heavy atom. The Kier molecular flexibility index (Phi) is 4.38. The Bertz CT molecular complexity index is 463. The second-order valence-electron chi connectivity index (χ2n) is 2.98. The van der Waals surface area contributed by atoms with E-state index in [1.54, 1.807) is 0 Å². The Morgan fingerprint density at radius 1 is 1.35 bits per heavy atom. The minimum absolute atomic E-state index is 0.378. The molecule has 0 aliphatic carbocycles. The summed E-state index contributed by atoms with van der Waals surface area (Å²) in [6.07, 6.45) is 2.06. The lowest BCUT2D eigenvalue weighted by atomic mass is 10.1. The van der Waals surface area contributed by atoms with Crippen molar-refractivity contribution in [2.45, 2.75) is 0 Å². The van der Waals surface area contributed by atoms with Gasteiger partial charge in [-0.1, -0.05) is 0 Å². The monoisotopic (exact) mass is 244 g/mol. The number of nitrogens with zero attached hydrogens (tertiary/aromatic N) is 1. The molecule has 0 saturated carbocycles. The van der Waals surface area contributed by atoms with Crippen LogP contribution in [-0.2, 0) is 0 Å². The zero-order chi connectivity index (χ0) is 12.8. The molecule has 90 valence electrons. The van der Waals surface area contributed by atoms with Gasteiger partial charge in [0.25, 0.3) is 6.34 Å². The van der Waals surface area contributed by atoms with Crippen LogP contribution in [0.2, 0.25) is 0 Å². The maximum absolute atomic E-state index is 13.1. The first-order valence-electron chi connectivity index (χ1n) is 4.52. The van der Waals surface area contributed by atoms with Crippen molar-refractivity contribution < 1.29 is 23.0 Å². The van der Waals surface area contributed by atoms with E-state index in [0.717, 1.165) is 12.7 Å². The molecule has 0 heterocycles. The topological polar surface area (TPSA) is 69.4 Å². The molecule has 0 aliphatic rings. The molecule has 0 amide bonds. The Morgan fingerprint density at radius 2 is 1.94 bits per heavy atom. The van der Waals surface area contributed by atoms with Gasteiger partial charge in [-0.2, -0.15) is 0 Å². The largest absolute Gasteiger partial charge is 0.369 e. The molecule has 1 aromatic rings. The highest BCUT2D eigenvalue weighted by Crippen LogP contribution is 2.14. The number of ketones is 1. The summed E-state index contributed by atoms with van der Waals surface area (Å²) in [4.78, 5) is 17.2. The summed E-state index contributed by atoms with van der Waals surface area (Å²) in [6, 6.07) is 0.885. The molecule has 0 radical (unpaired) electrons. The van der Waals surface area contributed by atoms with Gasteiger partial charge in [0, 0.05) is 12.1 Å². The number of benzene rings is 1. The van der Waals surface area contributed by atoms with Crippen LogP contribution in [0.1, 0.15) is 10.4 Å². The number of Topliss-reactive ketones (excluding diaryl/α,β-unsaturated/α-hetero) is 1. The molecule has 0 bridgehead atoms. The zero-order valence-corrected chi connectivity index (χ0v) is 8.58. The van der Waals surface area contributed by atoms with Crippen LogP contribution in [0.15, 0.2) is 17.1 Å². The summed E-state index contributed by atoms with van der Waals surface area (Å²) in [5.74, 6) is -4.42. The first-order valence-corrected chi connectivity index (χ1v) is 4.52. The summed E-state index contributed by atoms with van der Waals surface area (Å²) in [5, 5.41) is 0. The molecular weight excluding hydrogens is 235 g/mol. The highest BCUT2D eigenvalue weighted by molar-refractivity contribution is 5.97. The minimum atomic E-state index is -1.24. The number of carbonyl (C=O) groups is 1. The number of aliphatic imine (C=N–C) groups is 1. The smallest absolute Gasteiger partial charge is 0.281 e. The molecule has 0 unspecified atom stereocenters. The van der Waals surface area contributed by atoms with Crippen molar-refractivity contribution in [3.8, 4) is 0 Å². The van der Waals surface area contributed by atoms with Crippen molar-refractivity contribution in [1.82, 2.24) is 0 Å². The van der Waals surface area contributed by atoms with E-state index in [9.17, 15) is 18.0 Å². The predicted molar refractivity (Wildman–Crippen MR) is 55.2 cm³/mol. The van der Waals surface area contributed by atoms with Gasteiger partial charge >= 0.3 is 0 Å². The van der Waals surface area contributed by atoms with Gasteiger partial charge in [-0.15, -0.1) is 0 Å². The molecule has 0 spiro atoms. The fourth-order valence-corrected chi connectivity index (χ4v) is 1.13. The van der Waals surface area contributed by atoms with Crippen molar-refractivity contribution in [3.05, 3.63) is 35.1 Å². The Labute approximate surface area is 94.7 Å². The van der Waals surface area contributed by atoms with Crippen molar-refractivity contribution in [2.75, 3.05) is 6.54 Å². The maximum atomic E-state index is 13.1. The summed E-state index contributed by atoms with van der Waals surface area (Å²) in [7, 11) is 0. The van der Waals surface area contributed by atoms with Gasteiger partial charge in [0.1, 0.15) is 24.0 Å². The SMILES string of the molecule is NC=NC=[NH+]CC(=O)c1c(F)cc(F)cc1F. The van der Waals surface area contributed by atoms with E-state index in [2.05, 4.69) is 9.98 Å². The fraction of sp³-hybridized carbons (Fsp3) is 0.100. The quantitative estimate of drug-likeness (QED) is 0.421. The van der Waals surface area contributed by atoms with E-state index < -0.39 is 28.8 Å². The average Bonchev–Trinajstić information content (AvgIpc) is 2.23. The van der Waals surface area contributed by atoms with Gasteiger partial charge < -0.3 is 5.73 Å². The van der Waals surface area contributed by atoms with E-state index in [1.807, 2.05) is 0 Å². The molecule has 17 heavy (non-hydrogen) atoms. The van der Waals surface area contributed by atoms with Crippen LogP contribution in [0, 0.1) is 17.5 Å². The highest BCUT2D eigenvalue weighted by Gasteiger charge is 2.18. The van der Waals surface area contributed by atoms with Gasteiger partial charge in [-0.05, 0) is 4.99 Å². The second kappa shape index (κ2) is 5.78. The van der Waals surface area contributed by atoms with E-state index in [0.29, 0.717) is 12.1 Å². The van der Waals surface area contributed by atoms with Gasteiger partial charge in [-0.25, -0.2) is 13.2 Å². The maximum Gasteiger partial charge on any atom is 0.281 e. The van der Waals surface area contributed by atoms with Gasteiger partial charge in [0.15, 0.2) is 0 Å². The van der Waals surface area contributed by atoms with Crippen LogP contribution < -0.4 is 10.7 Å². The Hall–Kier alpha value is -2.18. The van der Waals surface area contributed by atoms with Crippen molar-refractivity contribution in [2.24, 2.45) is 10.7 Å². The van der Waals surface area contributed by atoms with Gasteiger partial charge in [-0.3, -0.25) is 9.79 Å². The number of nitrogens with one attached hydrogen (secondary N) is 1. The van der Waals surface area contributed by atoms with Crippen molar-refractivity contribution in [3.63, 3.8) is 0 Å². The number of rotatable bonds is 4. The average molecular weight is 244 g/mol.